The molecule has 158 valence electrons. The largest absolute Gasteiger partial charge is 0.382 e. The molecule has 1 aromatic rings. The van der Waals surface area contributed by atoms with Crippen LogP contribution in [0.2, 0.25) is 0 Å². The first-order valence-corrected chi connectivity index (χ1v) is 11.1. The van der Waals surface area contributed by atoms with Crippen LogP contribution in [0, 0.1) is 0 Å². The zero-order valence-corrected chi connectivity index (χ0v) is 18.2. The fraction of sp³-hybridized carbons (Fsp3) is 0.650. The third kappa shape index (κ3) is 6.98. The maximum absolute atomic E-state index is 12.7. The molecule has 1 saturated heterocycles. The van der Waals surface area contributed by atoms with Gasteiger partial charge in [0.2, 0.25) is 0 Å². The average molecular weight is 413 g/mol. The summed E-state index contributed by atoms with van der Waals surface area (Å²) >= 11 is 0. The van der Waals surface area contributed by atoms with Crippen molar-refractivity contribution in [2.24, 2.45) is 0 Å². The van der Waals surface area contributed by atoms with Gasteiger partial charge in [-0.25, -0.2) is 4.79 Å². The molecule has 0 saturated carbocycles. The molecule has 8 heteroatoms. The zero-order chi connectivity index (χ0) is 20.9. The topological polar surface area (TPSA) is 84.9 Å². The van der Waals surface area contributed by atoms with Crippen LogP contribution in [0.5, 0.6) is 5.75 Å². The Morgan fingerprint density at radius 1 is 1.29 bits per heavy atom. The van der Waals surface area contributed by atoms with Crippen LogP contribution < -0.4 is 9.50 Å². The van der Waals surface area contributed by atoms with Crippen LogP contribution in [0.1, 0.15) is 53.0 Å². The highest BCUT2D eigenvalue weighted by atomic mass is 32.2. The maximum Gasteiger partial charge on any atom is 0.318 e. The Hall–Kier alpha value is -1.80. The smallest absolute Gasteiger partial charge is 0.318 e. The van der Waals surface area contributed by atoms with Gasteiger partial charge in [-0.15, -0.1) is 0 Å². The van der Waals surface area contributed by atoms with Crippen LogP contribution in [-0.2, 0) is 21.4 Å². The fourth-order valence-electron chi connectivity index (χ4n) is 2.75. The first-order chi connectivity index (χ1) is 13.0. The summed E-state index contributed by atoms with van der Waals surface area (Å²) in [5.41, 5.74) is 0.547. The number of hydrogen-bond acceptors (Lipinski definition) is 5. The summed E-state index contributed by atoms with van der Waals surface area (Å²) in [6.45, 7) is 10.6. The van der Waals surface area contributed by atoms with Crippen LogP contribution in [-0.4, -0.2) is 49.4 Å². The molecule has 1 fully saturated rings. The molecular weight excluding hydrogens is 380 g/mol. The summed E-state index contributed by atoms with van der Waals surface area (Å²) in [6, 6.07) is 6.63. The molecule has 1 atom stereocenters. The molecule has 0 spiro atoms. The van der Waals surface area contributed by atoms with E-state index in [2.05, 4.69) is 5.32 Å². The minimum absolute atomic E-state index is 0.0458. The van der Waals surface area contributed by atoms with Gasteiger partial charge in [0.15, 0.2) is 0 Å². The number of carbonyl (C=O) groups excluding carboxylic acids is 1. The van der Waals surface area contributed by atoms with E-state index in [9.17, 15) is 13.2 Å². The standard InChI is InChI=1S/C20H32N2O5S/c1-15(2)28(24,25)27-17-10-8-16(9-11-17)13-22(14-18-7-6-12-26-18)19(23)21-20(3,4)5/h8-11,15,18H,6-7,12-14H2,1-5H3,(H,21,23)/t18-/m1/s1. The Balaban J connectivity index is 2.08. The Kier molecular flexibility index (Phi) is 7.33. The van der Waals surface area contributed by atoms with Gasteiger partial charge in [0, 0.05) is 25.2 Å². The van der Waals surface area contributed by atoms with Crippen molar-refractivity contribution in [3.8, 4) is 5.75 Å². The van der Waals surface area contributed by atoms with Gasteiger partial charge in [-0.3, -0.25) is 0 Å². The van der Waals surface area contributed by atoms with E-state index in [4.69, 9.17) is 8.92 Å². The predicted octanol–water partition coefficient (Wildman–Crippen LogP) is 3.29. The predicted molar refractivity (Wildman–Crippen MR) is 109 cm³/mol. The van der Waals surface area contributed by atoms with Gasteiger partial charge < -0.3 is 19.1 Å². The lowest BCUT2D eigenvalue weighted by atomic mass is 10.1. The Labute approximate surface area is 168 Å². The van der Waals surface area contributed by atoms with E-state index < -0.39 is 15.4 Å². The lowest BCUT2D eigenvalue weighted by molar-refractivity contribution is 0.0782. The van der Waals surface area contributed by atoms with Crippen molar-refractivity contribution in [3.05, 3.63) is 29.8 Å². The number of amides is 2. The zero-order valence-electron chi connectivity index (χ0n) is 17.4. The number of hydrogen-bond donors (Lipinski definition) is 1. The lowest BCUT2D eigenvalue weighted by Crippen LogP contribution is -2.50. The SMILES string of the molecule is CC(C)S(=O)(=O)Oc1ccc(CN(C[C@H]2CCCO2)C(=O)NC(C)(C)C)cc1. The Morgan fingerprint density at radius 2 is 1.93 bits per heavy atom. The summed E-state index contributed by atoms with van der Waals surface area (Å²) in [5.74, 6) is 0.266. The molecule has 0 aromatic heterocycles. The summed E-state index contributed by atoms with van der Waals surface area (Å²) in [7, 11) is -3.63. The second-order valence-corrected chi connectivity index (χ2v) is 10.6. The number of nitrogens with zero attached hydrogens (tertiary/aromatic N) is 1. The van der Waals surface area contributed by atoms with Crippen molar-refractivity contribution in [1.29, 1.82) is 0 Å². The van der Waals surface area contributed by atoms with Crippen molar-refractivity contribution in [3.63, 3.8) is 0 Å². The first kappa shape index (κ1) is 22.5. The monoisotopic (exact) mass is 412 g/mol. The number of carbonyl (C=O) groups is 1. The van der Waals surface area contributed by atoms with Crippen molar-refractivity contribution in [1.82, 2.24) is 10.2 Å². The highest BCUT2D eigenvalue weighted by molar-refractivity contribution is 7.87. The third-order valence-electron chi connectivity index (χ3n) is 4.30. The van der Waals surface area contributed by atoms with Crippen LogP contribution >= 0.6 is 0 Å². The summed E-state index contributed by atoms with van der Waals surface area (Å²) in [5, 5.41) is 2.38. The molecule has 0 radical (unpaired) electrons. The number of urea groups is 1. The molecule has 1 aliphatic rings. The van der Waals surface area contributed by atoms with E-state index in [-0.39, 0.29) is 23.4 Å². The Morgan fingerprint density at radius 3 is 2.43 bits per heavy atom. The second kappa shape index (κ2) is 9.13. The molecule has 1 N–H and O–H groups in total. The number of nitrogens with one attached hydrogen (secondary N) is 1. The molecule has 2 rings (SSSR count). The van der Waals surface area contributed by atoms with E-state index in [1.807, 2.05) is 20.8 Å². The highest BCUT2D eigenvalue weighted by Gasteiger charge is 2.25. The van der Waals surface area contributed by atoms with Crippen LogP contribution in [0.3, 0.4) is 0 Å². The molecule has 1 aliphatic heterocycles. The molecule has 0 bridgehead atoms. The van der Waals surface area contributed by atoms with Gasteiger partial charge in [-0.2, -0.15) is 8.42 Å². The van der Waals surface area contributed by atoms with E-state index in [0.717, 1.165) is 25.0 Å². The first-order valence-electron chi connectivity index (χ1n) is 9.67. The van der Waals surface area contributed by atoms with Gasteiger partial charge in [-0.05, 0) is 65.2 Å². The number of rotatable bonds is 7. The molecular formula is C20H32N2O5S. The molecule has 2 amide bonds. The van der Waals surface area contributed by atoms with Crippen molar-refractivity contribution in [2.75, 3.05) is 13.2 Å². The van der Waals surface area contributed by atoms with Crippen molar-refractivity contribution in [2.45, 2.75) is 70.9 Å². The highest BCUT2D eigenvalue weighted by Crippen LogP contribution is 2.19. The number of benzene rings is 1. The third-order valence-corrected chi connectivity index (χ3v) is 5.88. The minimum atomic E-state index is -3.63. The minimum Gasteiger partial charge on any atom is -0.382 e. The van der Waals surface area contributed by atoms with E-state index in [1.165, 1.54) is 0 Å². The molecule has 28 heavy (non-hydrogen) atoms. The van der Waals surface area contributed by atoms with Gasteiger partial charge in [0.1, 0.15) is 5.75 Å². The Bertz CT molecular complexity index is 748. The van der Waals surface area contributed by atoms with Crippen LogP contribution in [0.15, 0.2) is 24.3 Å². The second-order valence-electron chi connectivity index (χ2n) is 8.46. The van der Waals surface area contributed by atoms with Gasteiger partial charge in [0.05, 0.1) is 11.4 Å². The van der Waals surface area contributed by atoms with Crippen LogP contribution in [0.4, 0.5) is 4.79 Å². The van der Waals surface area contributed by atoms with Crippen molar-refractivity contribution >= 4 is 16.1 Å². The molecule has 0 aliphatic carbocycles. The maximum atomic E-state index is 12.7. The molecule has 7 nitrogen and oxygen atoms in total. The summed E-state index contributed by atoms with van der Waals surface area (Å²) in [4.78, 5) is 14.5. The summed E-state index contributed by atoms with van der Waals surface area (Å²) in [6.07, 6.45) is 2.00. The normalized spacial score (nSPS) is 17.6. The van der Waals surface area contributed by atoms with E-state index in [0.29, 0.717) is 13.1 Å². The molecule has 1 aromatic carbocycles. The average Bonchev–Trinajstić information content (AvgIpc) is 3.07. The van der Waals surface area contributed by atoms with Gasteiger partial charge >= 0.3 is 16.1 Å². The van der Waals surface area contributed by atoms with E-state index >= 15 is 0 Å². The number of ether oxygens (including phenoxy) is 1. The summed E-state index contributed by atoms with van der Waals surface area (Å²) < 4.78 is 34.6. The van der Waals surface area contributed by atoms with Crippen molar-refractivity contribution < 1.29 is 22.1 Å². The fourth-order valence-corrected chi connectivity index (χ4v) is 3.33. The van der Waals surface area contributed by atoms with Crippen LogP contribution in [0.25, 0.3) is 0 Å². The lowest BCUT2D eigenvalue weighted by Gasteiger charge is -2.30. The quantitative estimate of drug-likeness (QED) is 0.695. The molecule has 0 unspecified atom stereocenters. The van der Waals surface area contributed by atoms with E-state index in [1.54, 1.807) is 43.0 Å². The van der Waals surface area contributed by atoms with Gasteiger partial charge in [-0.1, -0.05) is 12.1 Å². The van der Waals surface area contributed by atoms with Gasteiger partial charge in [0.25, 0.3) is 0 Å². The molecule has 1 heterocycles.